The van der Waals surface area contributed by atoms with Gasteiger partial charge >= 0.3 is 0 Å². The summed E-state index contributed by atoms with van der Waals surface area (Å²) in [6, 6.07) is 17.9. The zero-order valence-corrected chi connectivity index (χ0v) is 32.5. The molecule has 2 aromatic carbocycles. The van der Waals surface area contributed by atoms with Crippen LogP contribution in [0, 0.1) is 0 Å². The molecule has 1 aliphatic rings. The second-order valence-electron chi connectivity index (χ2n) is 15.2. The molecule has 0 saturated carbocycles. The fourth-order valence-corrected chi connectivity index (χ4v) is 7.35. The summed E-state index contributed by atoms with van der Waals surface area (Å²) in [6.45, 7) is 4.42. The summed E-state index contributed by atoms with van der Waals surface area (Å²) >= 11 is 0. The molecule has 3 amide bonds. The lowest BCUT2D eigenvalue weighted by atomic mass is 9.90. The van der Waals surface area contributed by atoms with Crippen molar-refractivity contribution in [3.63, 3.8) is 0 Å². The second-order valence-corrected chi connectivity index (χ2v) is 15.2. The highest BCUT2D eigenvalue weighted by Crippen LogP contribution is 2.28. The van der Waals surface area contributed by atoms with Crippen molar-refractivity contribution in [2.24, 2.45) is 12.8 Å². The number of nitrogens with two attached hydrogens (primary N) is 1. The van der Waals surface area contributed by atoms with Gasteiger partial charge in [-0.25, -0.2) is 4.98 Å². The van der Waals surface area contributed by atoms with Gasteiger partial charge in [-0.2, -0.15) is 5.10 Å². The number of nitrogens with one attached hydrogen (secondary N) is 2. The van der Waals surface area contributed by atoms with Gasteiger partial charge in [0.1, 0.15) is 5.52 Å². The number of aryl methyl sites for hydroxylation is 1. The average molecular weight is 755 g/mol. The van der Waals surface area contributed by atoms with Gasteiger partial charge in [0.05, 0.1) is 30.7 Å². The summed E-state index contributed by atoms with van der Waals surface area (Å²) in [5.74, 6) is -0.0702. The maximum atomic E-state index is 13.6. The maximum Gasteiger partial charge on any atom is 0.281 e. The minimum atomic E-state index is -1.14. The van der Waals surface area contributed by atoms with Crippen LogP contribution in [-0.4, -0.2) is 78.8 Å². The monoisotopic (exact) mass is 754 g/mol. The zero-order valence-electron chi connectivity index (χ0n) is 32.5. The molecule has 2 aromatic heterocycles. The molecule has 3 heterocycles. The molecule has 0 bridgehead atoms. The third kappa shape index (κ3) is 12.1. The summed E-state index contributed by atoms with van der Waals surface area (Å²) < 4.78 is 3.09. The van der Waals surface area contributed by atoms with E-state index in [0.717, 1.165) is 55.2 Å². The number of aromatic nitrogens is 4. The smallest absolute Gasteiger partial charge is 0.281 e. The van der Waals surface area contributed by atoms with Gasteiger partial charge in [-0.15, -0.1) is 0 Å². The molecule has 1 atom stereocenters. The number of carbonyl (C=O) groups excluding carboxylic acids is 3. The number of fused-ring (bicyclic) bond motifs is 1. The lowest BCUT2D eigenvalue weighted by Crippen LogP contribution is -2.49. The molecule has 55 heavy (non-hydrogen) atoms. The predicted octanol–water partition coefficient (Wildman–Crippen LogP) is 4.55. The van der Waals surface area contributed by atoms with Crippen molar-refractivity contribution in [2.45, 2.75) is 109 Å². The normalized spacial score (nSPS) is 14.6. The molecule has 0 aliphatic carbocycles. The van der Waals surface area contributed by atoms with Crippen LogP contribution in [0.1, 0.15) is 101 Å². The molecule has 5 N–H and O–H groups in total. The van der Waals surface area contributed by atoms with Crippen LogP contribution in [0.15, 0.2) is 65.7 Å². The Morgan fingerprint density at radius 1 is 0.909 bits per heavy atom. The number of hydrogen-bond acceptors (Lipinski definition) is 8. The molecule has 1 aliphatic heterocycles. The van der Waals surface area contributed by atoms with E-state index in [9.17, 15) is 24.3 Å². The summed E-state index contributed by atoms with van der Waals surface area (Å²) in [5, 5.41) is 22.2. The van der Waals surface area contributed by atoms with E-state index in [1.54, 1.807) is 11.7 Å². The van der Waals surface area contributed by atoms with E-state index in [4.69, 9.17) is 5.73 Å². The van der Waals surface area contributed by atoms with E-state index in [-0.39, 0.29) is 47.8 Å². The maximum absolute atomic E-state index is 13.6. The Morgan fingerprint density at radius 3 is 2.24 bits per heavy atom. The van der Waals surface area contributed by atoms with Gasteiger partial charge in [-0.05, 0) is 42.7 Å². The minimum absolute atomic E-state index is 0.0268. The van der Waals surface area contributed by atoms with Crippen LogP contribution >= 0.6 is 0 Å². The molecule has 1 saturated heterocycles. The Hall–Kier alpha value is -4.88. The van der Waals surface area contributed by atoms with E-state index in [1.807, 2.05) is 59.5 Å². The fourth-order valence-electron chi connectivity index (χ4n) is 7.35. The van der Waals surface area contributed by atoms with Crippen molar-refractivity contribution >= 4 is 28.8 Å². The third-order valence-electron chi connectivity index (χ3n) is 10.7. The van der Waals surface area contributed by atoms with Gasteiger partial charge in [0, 0.05) is 51.6 Å². The van der Waals surface area contributed by atoms with Crippen molar-refractivity contribution in [3.8, 4) is 11.3 Å². The summed E-state index contributed by atoms with van der Waals surface area (Å²) in [6.07, 6.45) is 11.7. The molecule has 13 heteroatoms. The molecule has 1 unspecified atom stereocenters. The molecular weight excluding hydrogens is 697 g/mol. The third-order valence-corrected chi connectivity index (χ3v) is 10.7. The number of hydrogen-bond donors (Lipinski definition) is 4. The number of carbonyl (C=O) groups is 3. The number of piperidine rings is 1. The number of amides is 3. The molecule has 4 aromatic rings. The Morgan fingerprint density at radius 2 is 1.56 bits per heavy atom. The standard InChI is InChI=1S/C42H58N8O5/c1-31(33-14-10-9-11-15-33)26-37(53)49-24-21-42(55,22-25-49)29-50-30-46-38-39(41(50)54)47-48(2)40(38)34-19-17-32(18-20-34)27-44-28-36(52)45-23-13-8-6-4-3-5-7-12-16-35(43)51/h9-11,14-15,17-20,30-31,44,55H,3-8,12-13,16,21-29H2,1-2H3,(H2,43,51)(H,45,52). The van der Waals surface area contributed by atoms with Gasteiger partial charge < -0.3 is 26.4 Å². The number of primary amides is 1. The SMILES string of the molecule is CC(CC(=O)N1CCC(O)(Cn2cnc3c(-c4ccc(CNCC(=O)NCCCCCCCCCCC(N)=O)cc4)n(C)nc3c2=O)CC1)c1ccccc1. The van der Waals surface area contributed by atoms with E-state index in [1.165, 1.54) is 23.7 Å². The molecule has 296 valence electrons. The fraction of sp³-hybridized carbons (Fsp3) is 0.524. The van der Waals surface area contributed by atoms with E-state index in [2.05, 4.69) is 27.6 Å². The quantitative estimate of drug-likeness (QED) is 0.0896. The lowest BCUT2D eigenvalue weighted by Gasteiger charge is -2.38. The zero-order chi connectivity index (χ0) is 39.2. The largest absolute Gasteiger partial charge is 0.388 e. The summed E-state index contributed by atoms with van der Waals surface area (Å²) in [7, 11) is 1.78. The van der Waals surface area contributed by atoms with Crippen LogP contribution in [0.4, 0.5) is 0 Å². The van der Waals surface area contributed by atoms with Gasteiger partial charge in [-0.3, -0.25) is 28.4 Å². The highest BCUT2D eigenvalue weighted by molar-refractivity contribution is 5.89. The van der Waals surface area contributed by atoms with Crippen molar-refractivity contribution in [2.75, 3.05) is 26.2 Å². The van der Waals surface area contributed by atoms with Crippen LogP contribution in [0.25, 0.3) is 22.3 Å². The van der Waals surface area contributed by atoms with Gasteiger partial charge in [0.15, 0.2) is 5.52 Å². The van der Waals surface area contributed by atoms with Crippen LogP contribution in [0.3, 0.4) is 0 Å². The number of rotatable bonds is 21. The topological polar surface area (TPSA) is 177 Å². The number of likely N-dealkylation sites (tertiary alicyclic amines) is 1. The Labute approximate surface area is 323 Å². The first-order valence-corrected chi connectivity index (χ1v) is 19.9. The first-order chi connectivity index (χ1) is 26.5. The Kier molecular flexibility index (Phi) is 15.1. The number of unbranched alkanes of at least 4 members (excludes halogenated alkanes) is 7. The molecule has 0 spiro atoms. The second kappa shape index (κ2) is 20.2. The average Bonchev–Trinajstić information content (AvgIpc) is 3.52. The van der Waals surface area contributed by atoms with Gasteiger partial charge in [0.25, 0.3) is 5.56 Å². The minimum Gasteiger partial charge on any atom is -0.388 e. The van der Waals surface area contributed by atoms with Crippen molar-refractivity contribution in [1.29, 1.82) is 0 Å². The number of benzene rings is 2. The molecular formula is C42H58N8O5. The van der Waals surface area contributed by atoms with Crippen molar-refractivity contribution in [1.82, 2.24) is 34.9 Å². The summed E-state index contributed by atoms with van der Waals surface area (Å²) in [5.41, 5.74) is 8.15. The van der Waals surface area contributed by atoms with E-state index in [0.29, 0.717) is 63.1 Å². The van der Waals surface area contributed by atoms with Crippen LogP contribution < -0.4 is 21.9 Å². The van der Waals surface area contributed by atoms with Gasteiger partial charge in [0.2, 0.25) is 17.7 Å². The summed E-state index contributed by atoms with van der Waals surface area (Å²) in [4.78, 5) is 56.1. The highest BCUT2D eigenvalue weighted by atomic mass is 16.3. The van der Waals surface area contributed by atoms with Crippen LogP contribution in [0.2, 0.25) is 0 Å². The van der Waals surface area contributed by atoms with E-state index < -0.39 is 5.60 Å². The molecule has 1 fully saturated rings. The molecule has 5 rings (SSSR count). The number of aliphatic hydroxyl groups is 1. The lowest BCUT2D eigenvalue weighted by molar-refractivity contribution is -0.136. The van der Waals surface area contributed by atoms with Crippen LogP contribution in [0.5, 0.6) is 0 Å². The first kappa shape index (κ1) is 41.3. The van der Waals surface area contributed by atoms with Crippen LogP contribution in [-0.2, 0) is 34.5 Å². The first-order valence-electron chi connectivity index (χ1n) is 19.9. The highest BCUT2D eigenvalue weighted by Gasteiger charge is 2.35. The molecule has 0 radical (unpaired) electrons. The van der Waals surface area contributed by atoms with E-state index >= 15 is 0 Å². The number of nitrogens with zero attached hydrogens (tertiary/aromatic N) is 5. The predicted molar refractivity (Wildman–Crippen MR) is 214 cm³/mol. The van der Waals surface area contributed by atoms with Crippen molar-refractivity contribution < 1.29 is 19.5 Å². The van der Waals surface area contributed by atoms with Crippen molar-refractivity contribution in [3.05, 3.63) is 82.4 Å². The van der Waals surface area contributed by atoms with Gasteiger partial charge in [-0.1, -0.05) is 100 Å². The Balaban J connectivity index is 1.04. The Bertz CT molecular complexity index is 1920. The molecule has 13 nitrogen and oxygen atoms in total.